The molecule has 0 saturated heterocycles. The molecule has 3 heteroatoms. The molecular formula is C18H23BrOS. The van der Waals surface area contributed by atoms with Crippen molar-refractivity contribution in [1.82, 2.24) is 0 Å². The minimum Gasteiger partial charge on any atom is -0.299 e. The van der Waals surface area contributed by atoms with Crippen LogP contribution in [0.3, 0.4) is 0 Å². The summed E-state index contributed by atoms with van der Waals surface area (Å²) >= 11 is 5.30. The first-order valence-electron chi connectivity index (χ1n) is 8.07. The highest BCUT2D eigenvalue weighted by molar-refractivity contribution is 9.10. The van der Waals surface area contributed by atoms with Crippen molar-refractivity contribution in [3.8, 4) is 0 Å². The highest BCUT2D eigenvalue weighted by Crippen LogP contribution is 2.69. The number of halogens is 1. The van der Waals surface area contributed by atoms with E-state index in [0.29, 0.717) is 23.0 Å². The van der Waals surface area contributed by atoms with Gasteiger partial charge in [-0.25, -0.2) is 0 Å². The third-order valence-corrected chi connectivity index (χ3v) is 8.16. The Balaban J connectivity index is 1.65. The Kier molecular flexibility index (Phi) is 3.05. The maximum Gasteiger partial charge on any atom is 0.144 e. The van der Waals surface area contributed by atoms with Gasteiger partial charge in [-0.1, -0.05) is 13.8 Å². The summed E-state index contributed by atoms with van der Waals surface area (Å²) in [5, 5.41) is 2.08. The van der Waals surface area contributed by atoms with Crippen LogP contribution < -0.4 is 0 Å². The quantitative estimate of drug-likeness (QED) is 0.678. The molecule has 114 valence electrons. The molecule has 4 bridgehead atoms. The normalized spacial score (nSPS) is 44.2. The number of hydrogen-bond donors (Lipinski definition) is 0. The van der Waals surface area contributed by atoms with E-state index in [1.54, 1.807) is 11.3 Å². The highest BCUT2D eigenvalue weighted by atomic mass is 79.9. The van der Waals surface area contributed by atoms with Gasteiger partial charge >= 0.3 is 0 Å². The molecular weight excluding hydrogens is 344 g/mol. The van der Waals surface area contributed by atoms with Crippen LogP contribution in [0.2, 0.25) is 0 Å². The zero-order chi connectivity index (χ0) is 14.9. The molecule has 1 heterocycles. The fourth-order valence-electron chi connectivity index (χ4n) is 6.54. The minimum atomic E-state index is -0.00759. The first kappa shape index (κ1) is 14.4. The Morgan fingerprint density at radius 2 is 1.90 bits per heavy atom. The molecule has 0 N–H and O–H groups in total. The summed E-state index contributed by atoms with van der Waals surface area (Å²) in [6.07, 6.45) is 8.16. The summed E-state index contributed by atoms with van der Waals surface area (Å²) in [7, 11) is 0. The lowest BCUT2D eigenvalue weighted by Gasteiger charge is -2.64. The summed E-state index contributed by atoms with van der Waals surface area (Å²) in [5.74, 6) is 1.32. The Morgan fingerprint density at radius 3 is 2.43 bits per heavy atom. The number of carbonyl (C=O) groups is 1. The molecule has 4 saturated carbocycles. The van der Waals surface area contributed by atoms with Gasteiger partial charge in [-0.05, 0) is 82.6 Å². The van der Waals surface area contributed by atoms with Crippen molar-refractivity contribution in [3.63, 3.8) is 0 Å². The van der Waals surface area contributed by atoms with E-state index in [2.05, 4.69) is 41.2 Å². The van der Waals surface area contributed by atoms with E-state index < -0.39 is 0 Å². The van der Waals surface area contributed by atoms with Crippen LogP contribution in [0.5, 0.6) is 0 Å². The SMILES string of the molecule is CC12CC3CC(C)(C1)CC(C(=O)Cc1sccc1Br)(C3)C2. The Morgan fingerprint density at radius 1 is 1.24 bits per heavy atom. The summed E-state index contributed by atoms with van der Waals surface area (Å²) in [6, 6.07) is 2.07. The molecule has 0 aromatic carbocycles. The van der Waals surface area contributed by atoms with E-state index in [9.17, 15) is 4.79 Å². The van der Waals surface area contributed by atoms with Crippen molar-refractivity contribution < 1.29 is 4.79 Å². The molecule has 0 spiro atoms. The molecule has 4 aliphatic carbocycles. The van der Waals surface area contributed by atoms with Crippen LogP contribution in [-0.2, 0) is 11.2 Å². The monoisotopic (exact) mass is 366 g/mol. The molecule has 4 aliphatic rings. The summed E-state index contributed by atoms with van der Waals surface area (Å²) in [6.45, 7) is 4.89. The van der Waals surface area contributed by atoms with E-state index in [-0.39, 0.29) is 5.41 Å². The van der Waals surface area contributed by atoms with Crippen LogP contribution in [0, 0.1) is 22.2 Å². The van der Waals surface area contributed by atoms with Crippen molar-refractivity contribution in [3.05, 3.63) is 20.8 Å². The fraction of sp³-hybridized carbons (Fsp3) is 0.722. The molecule has 5 rings (SSSR count). The summed E-state index contributed by atoms with van der Waals surface area (Å²) in [5.41, 5.74) is 0.847. The number of thiophene rings is 1. The average molecular weight is 367 g/mol. The second-order valence-electron chi connectivity index (χ2n) is 8.70. The van der Waals surface area contributed by atoms with E-state index in [1.807, 2.05) is 0 Å². The molecule has 21 heavy (non-hydrogen) atoms. The molecule has 0 aliphatic heterocycles. The van der Waals surface area contributed by atoms with Gasteiger partial charge in [0.25, 0.3) is 0 Å². The highest BCUT2D eigenvalue weighted by Gasteiger charge is 2.62. The molecule has 0 radical (unpaired) electrons. The van der Waals surface area contributed by atoms with Crippen LogP contribution in [-0.4, -0.2) is 5.78 Å². The second kappa shape index (κ2) is 4.44. The predicted molar refractivity (Wildman–Crippen MR) is 90.6 cm³/mol. The van der Waals surface area contributed by atoms with E-state index in [0.717, 1.165) is 23.2 Å². The fourth-order valence-corrected chi connectivity index (χ4v) is 8.03. The van der Waals surface area contributed by atoms with E-state index in [1.165, 1.54) is 30.6 Å². The Labute approximate surface area is 139 Å². The van der Waals surface area contributed by atoms with Gasteiger partial charge in [-0.15, -0.1) is 11.3 Å². The summed E-state index contributed by atoms with van der Waals surface area (Å²) < 4.78 is 1.11. The van der Waals surface area contributed by atoms with Gasteiger partial charge in [-0.2, -0.15) is 0 Å². The molecule has 1 aromatic rings. The van der Waals surface area contributed by atoms with Crippen molar-refractivity contribution in [2.24, 2.45) is 22.2 Å². The lowest BCUT2D eigenvalue weighted by molar-refractivity contribution is -0.167. The first-order valence-corrected chi connectivity index (χ1v) is 9.74. The molecule has 2 atom stereocenters. The Hall–Kier alpha value is -0.150. The molecule has 1 nitrogen and oxygen atoms in total. The molecule has 4 fully saturated rings. The maximum absolute atomic E-state index is 13.2. The number of hydrogen-bond acceptors (Lipinski definition) is 2. The van der Waals surface area contributed by atoms with Gasteiger partial charge in [0.2, 0.25) is 0 Å². The van der Waals surface area contributed by atoms with Gasteiger partial charge in [0, 0.05) is 21.2 Å². The van der Waals surface area contributed by atoms with Gasteiger partial charge < -0.3 is 0 Å². The predicted octanol–water partition coefficient (Wildman–Crippen LogP) is 5.62. The molecule has 1 aromatic heterocycles. The van der Waals surface area contributed by atoms with Crippen molar-refractivity contribution in [2.45, 2.75) is 58.8 Å². The second-order valence-corrected chi connectivity index (χ2v) is 10.6. The van der Waals surface area contributed by atoms with Crippen LogP contribution in [0.25, 0.3) is 0 Å². The molecule has 0 amide bonds. The van der Waals surface area contributed by atoms with Crippen LogP contribution >= 0.6 is 27.3 Å². The first-order chi connectivity index (χ1) is 9.82. The largest absolute Gasteiger partial charge is 0.299 e. The van der Waals surface area contributed by atoms with Crippen LogP contribution in [0.15, 0.2) is 15.9 Å². The van der Waals surface area contributed by atoms with Crippen LogP contribution in [0.1, 0.15) is 57.2 Å². The lowest BCUT2D eigenvalue weighted by atomic mass is 9.39. The number of rotatable bonds is 3. The third-order valence-electron chi connectivity index (χ3n) is 6.23. The minimum absolute atomic E-state index is 0.00759. The van der Waals surface area contributed by atoms with Crippen molar-refractivity contribution in [2.75, 3.05) is 0 Å². The van der Waals surface area contributed by atoms with Gasteiger partial charge in [0.15, 0.2) is 0 Å². The number of carbonyl (C=O) groups excluding carboxylic acids is 1. The smallest absolute Gasteiger partial charge is 0.144 e. The zero-order valence-corrected chi connectivity index (χ0v) is 15.3. The third kappa shape index (κ3) is 2.26. The van der Waals surface area contributed by atoms with Crippen molar-refractivity contribution >= 4 is 33.0 Å². The summed E-state index contributed by atoms with van der Waals surface area (Å²) in [4.78, 5) is 14.4. The number of Topliss-reactive ketones (excluding diaryl/α,β-unsaturated/α-hetero) is 1. The average Bonchev–Trinajstić information content (AvgIpc) is 2.70. The Bertz CT molecular complexity index is 586. The van der Waals surface area contributed by atoms with Gasteiger partial charge in [-0.3, -0.25) is 4.79 Å². The van der Waals surface area contributed by atoms with E-state index in [4.69, 9.17) is 0 Å². The molecule has 2 unspecified atom stereocenters. The standard InChI is InChI=1S/C18H23BrOS/c1-16-6-12-7-17(2,9-16)11-18(8-12,10-16)15(20)5-14-13(19)3-4-21-14/h3-4,12H,5-11H2,1-2H3. The number of ketones is 1. The zero-order valence-electron chi connectivity index (χ0n) is 12.9. The van der Waals surface area contributed by atoms with Gasteiger partial charge in [0.1, 0.15) is 5.78 Å². The van der Waals surface area contributed by atoms with Crippen LogP contribution in [0.4, 0.5) is 0 Å². The van der Waals surface area contributed by atoms with E-state index >= 15 is 0 Å². The van der Waals surface area contributed by atoms with Crippen molar-refractivity contribution in [1.29, 1.82) is 0 Å². The topological polar surface area (TPSA) is 17.1 Å². The maximum atomic E-state index is 13.2. The lowest BCUT2D eigenvalue weighted by Crippen LogP contribution is -2.57. The van der Waals surface area contributed by atoms with Gasteiger partial charge in [0.05, 0.1) is 0 Å².